The molecular formula is C29H27F6N3O4. The molecule has 7 nitrogen and oxygen atoms in total. The van der Waals surface area contributed by atoms with Gasteiger partial charge < -0.3 is 19.7 Å². The van der Waals surface area contributed by atoms with E-state index < -0.39 is 24.6 Å². The fourth-order valence-corrected chi connectivity index (χ4v) is 4.90. The lowest BCUT2D eigenvalue weighted by Gasteiger charge is -2.25. The molecular weight excluding hydrogens is 568 g/mol. The lowest BCUT2D eigenvalue weighted by molar-refractivity contribution is -0.275. The largest absolute Gasteiger partial charge is 0.573 e. The fraction of sp³-hybridized carbons (Fsp3) is 0.345. The SMILES string of the molecule is CN(Cc1ccc(-c2ccccc2OC(F)(F)F)nc1)C(=O)C1CCC[C@H]1C(=O)NCc1ccc(OC(F)(F)F)cc1. The van der Waals surface area contributed by atoms with E-state index in [2.05, 4.69) is 19.8 Å². The standard InChI is InChI=1S/C29H27F6N3O4/c1-38(17-19-11-14-24(36-16-19)23-5-2-3-8-25(23)42-29(33,34)35)27(40)22-7-4-6-21(22)26(39)37-15-18-9-12-20(13-10-18)41-28(30,31)32/h2-3,5,8-14,16,21-22H,4,6-7,15,17H2,1H3,(H,37,39)/t21-,22?/m1/s1. The minimum Gasteiger partial charge on any atom is -0.406 e. The van der Waals surface area contributed by atoms with Gasteiger partial charge in [-0.05, 0) is 54.3 Å². The number of carbonyl (C=O) groups is 2. The van der Waals surface area contributed by atoms with Crippen molar-refractivity contribution >= 4 is 11.8 Å². The zero-order valence-corrected chi connectivity index (χ0v) is 22.3. The zero-order chi connectivity index (χ0) is 30.5. The summed E-state index contributed by atoms with van der Waals surface area (Å²) in [6, 6.07) is 14.0. The van der Waals surface area contributed by atoms with Crippen LogP contribution < -0.4 is 14.8 Å². The number of para-hydroxylation sites is 1. The van der Waals surface area contributed by atoms with E-state index in [9.17, 15) is 35.9 Å². The highest BCUT2D eigenvalue weighted by molar-refractivity contribution is 5.88. The van der Waals surface area contributed by atoms with E-state index in [1.807, 2.05) is 0 Å². The number of carbonyl (C=O) groups excluding carboxylic acids is 2. The Morgan fingerprint density at radius 1 is 0.881 bits per heavy atom. The molecule has 1 saturated carbocycles. The Kier molecular flexibility index (Phi) is 9.27. The van der Waals surface area contributed by atoms with E-state index in [0.29, 0.717) is 30.4 Å². The average Bonchev–Trinajstić information content (AvgIpc) is 3.41. The molecule has 42 heavy (non-hydrogen) atoms. The Labute approximate surface area is 237 Å². The number of nitrogens with one attached hydrogen (secondary N) is 1. The molecule has 4 rings (SSSR count). The lowest BCUT2D eigenvalue weighted by Crippen LogP contribution is -2.40. The van der Waals surface area contributed by atoms with E-state index in [1.165, 1.54) is 41.4 Å². The molecule has 3 aromatic rings. The molecule has 0 aliphatic heterocycles. The van der Waals surface area contributed by atoms with Crippen LogP contribution in [0.5, 0.6) is 11.5 Å². The van der Waals surface area contributed by atoms with Crippen molar-refractivity contribution in [3.63, 3.8) is 0 Å². The smallest absolute Gasteiger partial charge is 0.406 e. The number of rotatable bonds is 9. The van der Waals surface area contributed by atoms with E-state index >= 15 is 0 Å². The van der Waals surface area contributed by atoms with Crippen LogP contribution in [-0.2, 0) is 22.7 Å². The number of benzene rings is 2. The summed E-state index contributed by atoms with van der Waals surface area (Å²) in [6.45, 7) is 0.248. The van der Waals surface area contributed by atoms with E-state index in [1.54, 1.807) is 25.2 Å². The van der Waals surface area contributed by atoms with Crippen LogP contribution in [0.4, 0.5) is 26.3 Å². The van der Waals surface area contributed by atoms with Gasteiger partial charge in [0.05, 0.1) is 5.69 Å². The molecule has 13 heteroatoms. The second-order valence-corrected chi connectivity index (χ2v) is 9.84. The molecule has 1 fully saturated rings. The number of amides is 2. The van der Waals surface area contributed by atoms with Crippen molar-refractivity contribution in [2.24, 2.45) is 11.8 Å². The van der Waals surface area contributed by atoms with Gasteiger partial charge in [0, 0.05) is 43.7 Å². The Morgan fingerprint density at radius 3 is 2.17 bits per heavy atom. The number of hydrogen-bond donors (Lipinski definition) is 1. The van der Waals surface area contributed by atoms with E-state index in [4.69, 9.17) is 0 Å². The highest BCUT2D eigenvalue weighted by Crippen LogP contribution is 2.35. The molecule has 1 aliphatic carbocycles. The van der Waals surface area contributed by atoms with E-state index in [0.717, 1.165) is 12.1 Å². The Balaban J connectivity index is 1.33. The highest BCUT2D eigenvalue weighted by Gasteiger charge is 2.39. The third-order valence-electron chi connectivity index (χ3n) is 6.80. The van der Waals surface area contributed by atoms with Gasteiger partial charge in [-0.25, -0.2) is 0 Å². The van der Waals surface area contributed by atoms with Gasteiger partial charge in [-0.1, -0.05) is 36.8 Å². The molecule has 224 valence electrons. The van der Waals surface area contributed by atoms with Crippen molar-refractivity contribution in [1.29, 1.82) is 0 Å². The van der Waals surface area contributed by atoms with Gasteiger partial charge in [-0.15, -0.1) is 26.3 Å². The third-order valence-corrected chi connectivity index (χ3v) is 6.80. The third kappa shape index (κ3) is 8.37. The summed E-state index contributed by atoms with van der Waals surface area (Å²) in [4.78, 5) is 31.9. The van der Waals surface area contributed by atoms with Crippen LogP contribution >= 0.6 is 0 Å². The minimum atomic E-state index is -4.85. The van der Waals surface area contributed by atoms with Crippen molar-refractivity contribution in [2.75, 3.05) is 7.05 Å². The maximum absolute atomic E-state index is 13.3. The monoisotopic (exact) mass is 595 g/mol. The van der Waals surface area contributed by atoms with Crippen LogP contribution in [0.15, 0.2) is 66.9 Å². The topological polar surface area (TPSA) is 80.8 Å². The van der Waals surface area contributed by atoms with Crippen LogP contribution in [0, 0.1) is 11.8 Å². The molecule has 1 heterocycles. The fourth-order valence-electron chi connectivity index (χ4n) is 4.90. The predicted molar refractivity (Wildman–Crippen MR) is 139 cm³/mol. The summed E-state index contributed by atoms with van der Waals surface area (Å²) in [5, 5.41) is 2.76. The first-order valence-corrected chi connectivity index (χ1v) is 13.0. The first kappa shape index (κ1) is 30.7. The van der Waals surface area contributed by atoms with Crippen molar-refractivity contribution < 1.29 is 45.4 Å². The Hall–Kier alpha value is -4.29. The van der Waals surface area contributed by atoms with Crippen molar-refractivity contribution in [1.82, 2.24) is 15.2 Å². The van der Waals surface area contributed by atoms with Gasteiger partial charge in [-0.2, -0.15) is 0 Å². The number of hydrogen-bond acceptors (Lipinski definition) is 5. The van der Waals surface area contributed by atoms with Gasteiger partial charge in [0.1, 0.15) is 11.5 Å². The predicted octanol–water partition coefficient (Wildman–Crippen LogP) is 6.24. The van der Waals surface area contributed by atoms with Crippen LogP contribution in [-0.4, -0.2) is 41.5 Å². The second-order valence-electron chi connectivity index (χ2n) is 9.84. The van der Waals surface area contributed by atoms with Crippen molar-refractivity contribution in [3.8, 4) is 22.8 Å². The summed E-state index contributed by atoms with van der Waals surface area (Å²) < 4.78 is 83.2. The van der Waals surface area contributed by atoms with Gasteiger partial charge in [-0.3, -0.25) is 14.6 Å². The Morgan fingerprint density at radius 2 is 1.52 bits per heavy atom. The summed E-state index contributed by atoms with van der Waals surface area (Å²) in [7, 11) is 1.60. The molecule has 0 bridgehead atoms. The molecule has 1 N–H and O–H groups in total. The number of pyridine rings is 1. The number of alkyl halides is 6. The lowest BCUT2D eigenvalue weighted by atomic mass is 9.93. The number of aromatic nitrogens is 1. The maximum atomic E-state index is 13.3. The highest BCUT2D eigenvalue weighted by atomic mass is 19.4. The average molecular weight is 596 g/mol. The zero-order valence-electron chi connectivity index (χ0n) is 22.3. The summed E-state index contributed by atoms with van der Waals surface area (Å²) >= 11 is 0. The van der Waals surface area contributed by atoms with Gasteiger partial charge in [0.2, 0.25) is 11.8 Å². The first-order valence-electron chi connectivity index (χ1n) is 13.0. The molecule has 1 unspecified atom stereocenters. The Bertz CT molecular complexity index is 1380. The summed E-state index contributed by atoms with van der Waals surface area (Å²) in [6.07, 6.45) is -6.46. The second kappa shape index (κ2) is 12.7. The van der Waals surface area contributed by atoms with Crippen LogP contribution in [0.25, 0.3) is 11.3 Å². The van der Waals surface area contributed by atoms with E-state index in [-0.39, 0.29) is 47.7 Å². The van der Waals surface area contributed by atoms with Crippen LogP contribution in [0.1, 0.15) is 30.4 Å². The van der Waals surface area contributed by atoms with Crippen molar-refractivity contribution in [3.05, 3.63) is 78.0 Å². The molecule has 0 radical (unpaired) electrons. The molecule has 0 spiro atoms. The number of halogens is 6. The maximum Gasteiger partial charge on any atom is 0.573 e. The normalized spacial score (nSPS) is 17.0. The molecule has 2 amide bonds. The van der Waals surface area contributed by atoms with Crippen LogP contribution in [0.2, 0.25) is 0 Å². The summed E-state index contributed by atoms with van der Waals surface area (Å²) in [5.41, 5.74) is 1.64. The molecule has 1 aliphatic rings. The number of nitrogens with zero attached hydrogens (tertiary/aromatic N) is 2. The number of ether oxygens (including phenoxy) is 2. The van der Waals surface area contributed by atoms with Gasteiger partial charge in [0.15, 0.2) is 0 Å². The summed E-state index contributed by atoms with van der Waals surface area (Å²) in [5.74, 6) is -2.40. The van der Waals surface area contributed by atoms with Gasteiger partial charge in [0.25, 0.3) is 0 Å². The van der Waals surface area contributed by atoms with Crippen LogP contribution in [0.3, 0.4) is 0 Å². The van der Waals surface area contributed by atoms with Gasteiger partial charge >= 0.3 is 12.7 Å². The molecule has 0 saturated heterocycles. The first-order chi connectivity index (χ1) is 19.8. The molecule has 1 aromatic heterocycles. The molecule has 2 atom stereocenters. The minimum absolute atomic E-state index is 0.0769. The van der Waals surface area contributed by atoms with Crippen molar-refractivity contribution in [2.45, 2.75) is 45.1 Å². The quantitative estimate of drug-likeness (QED) is 0.297. The molecule has 2 aromatic carbocycles.